The lowest BCUT2D eigenvalue weighted by atomic mass is 10.3. The third-order valence-corrected chi connectivity index (χ3v) is 4.22. The molecule has 1 aromatic carbocycles. The van der Waals surface area contributed by atoms with Gasteiger partial charge in [-0.15, -0.1) is 0 Å². The predicted octanol–water partition coefficient (Wildman–Crippen LogP) is 2.16. The van der Waals surface area contributed by atoms with Crippen LogP contribution in [0.1, 0.15) is 0 Å². The number of nitrogens with zero attached hydrogens (tertiary/aromatic N) is 1. The van der Waals surface area contributed by atoms with Crippen LogP contribution in [-0.4, -0.2) is 26.8 Å². The summed E-state index contributed by atoms with van der Waals surface area (Å²) < 4.78 is 27.3. The first kappa shape index (κ1) is 13.0. The highest BCUT2D eigenvalue weighted by Gasteiger charge is 2.14. The van der Waals surface area contributed by atoms with Gasteiger partial charge in [0.2, 0.25) is 0 Å². The van der Waals surface area contributed by atoms with Crippen LogP contribution in [0.25, 0.3) is 0 Å². The molecule has 0 aliphatic rings. The lowest BCUT2D eigenvalue weighted by Gasteiger charge is -2.14. The second kappa shape index (κ2) is 4.86. The molecule has 15 heavy (non-hydrogen) atoms. The quantitative estimate of drug-likeness (QED) is 0.840. The molecule has 84 valence electrons. The first-order valence-corrected chi connectivity index (χ1v) is 6.88. The third-order valence-electron chi connectivity index (χ3n) is 1.65. The van der Waals surface area contributed by atoms with Crippen LogP contribution in [0.5, 0.6) is 0 Å². The summed E-state index contributed by atoms with van der Waals surface area (Å²) >= 11 is 7.78. The van der Waals surface area contributed by atoms with Gasteiger partial charge in [-0.05, 0) is 40.8 Å². The number of benzene rings is 1. The minimum atomic E-state index is -3.45. The number of anilines is 1. The van der Waals surface area contributed by atoms with Crippen LogP contribution in [0, 0.1) is 3.57 Å². The highest BCUT2D eigenvalue weighted by molar-refractivity contribution is 14.1. The Hall–Kier alpha value is -0.0500. The Morgan fingerprint density at radius 1 is 1.40 bits per heavy atom. The van der Waals surface area contributed by atoms with Crippen molar-refractivity contribution in [3.63, 3.8) is 0 Å². The van der Waals surface area contributed by atoms with Gasteiger partial charge in [0.1, 0.15) is 0 Å². The zero-order valence-electron chi connectivity index (χ0n) is 8.16. The van der Waals surface area contributed by atoms with E-state index in [1.165, 1.54) is 14.1 Å². The molecule has 1 rings (SSSR count). The van der Waals surface area contributed by atoms with E-state index in [0.29, 0.717) is 10.7 Å². The maximum Gasteiger partial charge on any atom is 0.301 e. The minimum Gasteiger partial charge on any atom is -0.270 e. The van der Waals surface area contributed by atoms with Crippen molar-refractivity contribution in [2.24, 2.45) is 0 Å². The topological polar surface area (TPSA) is 49.4 Å². The Labute approximate surface area is 108 Å². The summed E-state index contributed by atoms with van der Waals surface area (Å²) in [6.07, 6.45) is 0. The SMILES string of the molecule is CN(C)S(=O)(=O)Nc1ccc(Cl)cc1I. The van der Waals surface area contributed by atoms with Crippen LogP contribution in [0.2, 0.25) is 5.02 Å². The first-order valence-electron chi connectivity index (χ1n) is 3.98. The van der Waals surface area contributed by atoms with E-state index in [2.05, 4.69) is 4.72 Å². The molecule has 0 amide bonds. The summed E-state index contributed by atoms with van der Waals surface area (Å²) in [6.45, 7) is 0. The summed E-state index contributed by atoms with van der Waals surface area (Å²) in [6, 6.07) is 4.96. The van der Waals surface area contributed by atoms with Crippen molar-refractivity contribution < 1.29 is 8.42 Å². The maximum absolute atomic E-state index is 11.5. The largest absolute Gasteiger partial charge is 0.301 e. The van der Waals surface area contributed by atoms with Gasteiger partial charge in [0, 0.05) is 22.7 Å². The highest BCUT2D eigenvalue weighted by atomic mass is 127. The van der Waals surface area contributed by atoms with Gasteiger partial charge >= 0.3 is 10.2 Å². The number of rotatable bonds is 3. The molecule has 0 saturated heterocycles. The molecule has 0 radical (unpaired) electrons. The Bertz CT molecular complexity index is 462. The zero-order valence-corrected chi connectivity index (χ0v) is 11.9. The molecule has 0 aliphatic heterocycles. The van der Waals surface area contributed by atoms with E-state index in [1.54, 1.807) is 18.2 Å². The molecule has 0 heterocycles. The van der Waals surface area contributed by atoms with Gasteiger partial charge in [-0.3, -0.25) is 4.72 Å². The molecule has 0 spiro atoms. The highest BCUT2D eigenvalue weighted by Crippen LogP contribution is 2.23. The average molecular weight is 361 g/mol. The Balaban J connectivity index is 3.01. The van der Waals surface area contributed by atoms with Gasteiger partial charge < -0.3 is 0 Å². The lowest BCUT2D eigenvalue weighted by Crippen LogP contribution is -2.29. The van der Waals surface area contributed by atoms with Crippen LogP contribution in [0.15, 0.2) is 18.2 Å². The number of hydrogen-bond acceptors (Lipinski definition) is 2. The summed E-state index contributed by atoms with van der Waals surface area (Å²) in [5.41, 5.74) is 0.522. The number of nitrogens with one attached hydrogen (secondary N) is 1. The standard InChI is InChI=1S/C8H10ClIN2O2S/c1-12(2)15(13,14)11-8-4-3-6(9)5-7(8)10/h3-5,11H,1-2H3. The van der Waals surface area contributed by atoms with Crippen molar-refractivity contribution in [1.29, 1.82) is 0 Å². The van der Waals surface area contributed by atoms with Gasteiger partial charge in [-0.2, -0.15) is 12.7 Å². The van der Waals surface area contributed by atoms with Crippen molar-refractivity contribution in [1.82, 2.24) is 4.31 Å². The fourth-order valence-corrected chi connectivity index (χ4v) is 2.63. The van der Waals surface area contributed by atoms with Gasteiger partial charge in [0.05, 0.1) is 5.69 Å². The van der Waals surface area contributed by atoms with E-state index in [0.717, 1.165) is 7.88 Å². The van der Waals surface area contributed by atoms with Crippen LogP contribution in [0.4, 0.5) is 5.69 Å². The van der Waals surface area contributed by atoms with Crippen molar-refractivity contribution in [2.75, 3.05) is 18.8 Å². The first-order chi connectivity index (χ1) is 6.83. The fraction of sp³-hybridized carbons (Fsp3) is 0.250. The third kappa shape index (κ3) is 3.47. The Kier molecular flexibility index (Phi) is 4.21. The molecule has 0 atom stereocenters. The van der Waals surface area contributed by atoms with Crippen LogP contribution in [-0.2, 0) is 10.2 Å². The summed E-state index contributed by atoms with van der Waals surface area (Å²) in [5.74, 6) is 0. The fourth-order valence-electron chi connectivity index (χ4n) is 0.802. The van der Waals surface area contributed by atoms with Gasteiger partial charge in [-0.25, -0.2) is 0 Å². The molecule has 0 aromatic heterocycles. The molecule has 7 heteroatoms. The molecular weight excluding hydrogens is 351 g/mol. The lowest BCUT2D eigenvalue weighted by molar-refractivity contribution is 0.527. The molecule has 0 saturated carbocycles. The Morgan fingerprint density at radius 2 is 2.00 bits per heavy atom. The van der Waals surface area contributed by atoms with Crippen molar-refractivity contribution in [2.45, 2.75) is 0 Å². The summed E-state index contributed by atoms with van der Waals surface area (Å²) in [4.78, 5) is 0. The number of halogens is 2. The van der Waals surface area contributed by atoms with Crippen LogP contribution >= 0.6 is 34.2 Å². The van der Waals surface area contributed by atoms with Gasteiger partial charge in [0.25, 0.3) is 0 Å². The van der Waals surface area contributed by atoms with E-state index < -0.39 is 10.2 Å². The Morgan fingerprint density at radius 3 is 2.47 bits per heavy atom. The van der Waals surface area contributed by atoms with Gasteiger partial charge in [0.15, 0.2) is 0 Å². The van der Waals surface area contributed by atoms with Crippen molar-refractivity contribution in [3.8, 4) is 0 Å². The maximum atomic E-state index is 11.5. The second-order valence-electron chi connectivity index (χ2n) is 3.01. The zero-order chi connectivity index (χ0) is 11.6. The second-order valence-corrected chi connectivity index (χ2v) is 6.50. The molecule has 1 aromatic rings. The monoisotopic (exact) mass is 360 g/mol. The number of hydrogen-bond donors (Lipinski definition) is 1. The average Bonchev–Trinajstić information content (AvgIpc) is 2.09. The van der Waals surface area contributed by atoms with Crippen LogP contribution < -0.4 is 4.72 Å². The summed E-state index contributed by atoms with van der Waals surface area (Å²) in [5, 5.41) is 0.576. The molecule has 0 aliphatic carbocycles. The normalized spacial score (nSPS) is 11.8. The van der Waals surface area contributed by atoms with Crippen LogP contribution in [0.3, 0.4) is 0 Å². The smallest absolute Gasteiger partial charge is 0.270 e. The minimum absolute atomic E-state index is 0.522. The van der Waals surface area contributed by atoms with E-state index in [4.69, 9.17) is 11.6 Å². The molecule has 4 nitrogen and oxygen atoms in total. The van der Waals surface area contributed by atoms with E-state index in [-0.39, 0.29) is 0 Å². The molecular formula is C8H10ClIN2O2S. The molecule has 0 unspecified atom stereocenters. The van der Waals surface area contributed by atoms with Crippen molar-refractivity contribution >= 4 is 50.1 Å². The van der Waals surface area contributed by atoms with Gasteiger partial charge in [-0.1, -0.05) is 11.6 Å². The van der Waals surface area contributed by atoms with Crippen molar-refractivity contribution in [3.05, 3.63) is 26.8 Å². The summed E-state index contributed by atoms with van der Waals surface area (Å²) in [7, 11) is -0.524. The van der Waals surface area contributed by atoms with E-state index >= 15 is 0 Å². The molecule has 0 bridgehead atoms. The molecule has 1 N–H and O–H groups in total. The molecule has 0 fully saturated rings. The predicted molar refractivity (Wildman–Crippen MR) is 70.4 cm³/mol. The van der Waals surface area contributed by atoms with E-state index in [9.17, 15) is 8.42 Å². The van der Waals surface area contributed by atoms with E-state index in [1.807, 2.05) is 22.6 Å².